The van der Waals surface area contributed by atoms with Crippen molar-refractivity contribution in [1.29, 1.82) is 0 Å². The minimum atomic E-state index is -0.134. The van der Waals surface area contributed by atoms with Crippen LogP contribution in [0.1, 0.15) is 18.8 Å². The monoisotopic (exact) mass is 248 g/mol. The number of aromatic nitrogens is 3. The Morgan fingerprint density at radius 3 is 2.94 bits per heavy atom. The zero-order chi connectivity index (χ0) is 12.0. The van der Waals surface area contributed by atoms with Gasteiger partial charge in [-0.2, -0.15) is 0 Å². The number of hydrogen-bond donors (Lipinski definition) is 1. The number of nitrogens with zero attached hydrogens (tertiary/aromatic N) is 3. The predicted octanol–water partition coefficient (Wildman–Crippen LogP) is 1.97. The molecule has 0 aliphatic carbocycles. The largest absolute Gasteiger partial charge is 0.497 e. The SMILES string of the molecule is COc1ccc2c(c1)sc1nnc(C(C)N)n12. The first-order valence-corrected chi connectivity index (χ1v) is 6.09. The fraction of sp³-hybridized carbons (Fsp3) is 0.273. The Morgan fingerprint density at radius 1 is 1.41 bits per heavy atom. The van der Waals surface area contributed by atoms with Crippen LogP contribution in [0.4, 0.5) is 0 Å². The number of rotatable bonds is 2. The number of benzene rings is 1. The van der Waals surface area contributed by atoms with Gasteiger partial charge in [0.25, 0.3) is 0 Å². The highest BCUT2D eigenvalue weighted by Gasteiger charge is 2.15. The van der Waals surface area contributed by atoms with Gasteiger partial charge in [0, 0.05) is 0 Å². The molecule has 0 saturated heterocycles. The number of thiazole rings is 1. The fourth-order valence-electron chi connectivity index (χ4n) is 1.85. The molecule has 3 rings (SSSR count). The molecular weight excluding hydrogens is 236 g/mol. The lowest BCUT2D eigenvalue weighted by Gasteiger charge is -2.02. The van der Waals surface area contributed by atoms with E-state index in [1.165, 1.54) is 0 Å². The lowest BCUT2D eigenvalue weighted by atomic mass is 10.3. The summed E-state index contributed by atoms with van der Waals surface area (Å²) in [6.07, 6.45) is 0. The van der Waals surface area contributed by atoms with E-state index in [9.17, 15) is 0 Å². The second kappa shape index (κ2) is 3.68. The van der Waals surface area contributed by atoms with Gasteiger partial charge in [0.15, 0.2) is 5.82 Å². The number of ether oxygens (including phenoxy) is 1. The highest BCUT2D eigenvalue weighted by atomic mass is 32.1. The molecule has 0 radical (unpaired) electrons. The zero-order valence-electron chi connectivity index (χ0n) is 9.54. The van der Waals surface area contributed by atoms with Gasteiger partial charge >= 0.3 is 0 Å². The molecule has 6 heteroatoms. The molecule has 1 aromatic carbocycles. The van der Waals surface area contributed by atoms with Crippen LogP contribution in [0.5, 0.6) is 5.75 Å². The summed E-state index contributed by atoms with van der Waals surface area (Å²) in [4.78, 5) is 0.862. The highest BCUT2D eigenvalue weighted by molar-refractivity contribution is 7.23. The van der Waals surface area contributed by atoms with E-state index < -0.39 is 0 Å². The van der Waals surface area contributed by atoms with Crippen LogP contribution in [0.15, 0.2) is 18.2 Å². The van der Waals surface area contributed by atoms with Crippen molar-refractivity contribution in [3.63, 3.8) is 0 Å². The highest BCUT2D eigenvalue weighted by Crippen LogP contribution is 2.30. The van der Waals surface area contributed by atoms with E-state index in [1.807, 2.05) is 29.5 Å². The van der Waals surface area contributed by atoms with Crippen LogP contribution in [0.2, 0.25) is 0 Å². The molecule has 5 nitrogen and oxygen atoms in total. The van der Waals surface area contributed by atoms with Crippen LogP contribution >= 0.6 is 11.3 Å². The summed E-state index contributed by atoms with van der Waals surface area (Å²) in [6, 6.07) is 5.80. The van der Waals surface area contributed by atoms with Gasteiger partial charge < -0.3 is 10.5 Å². The molecule has 0 fully saturated rings. The molecule has 2 N–H and O–H groups in total. The predicted molar refractivity (Wildman–Crippen MR) is 67.5 cm³/mol. The molecular formula is C11H12N4OS. The topological polar surface area (TPSA) is 65.4 Å². The third kappa shape index (κ3) is 1.49. The molecule has 0 saturated carbocycles. The van der Waals surface area contributed by atoms with Crippen LogP contribution in [0.3, 0.4) is 0 Å². The molecule has 88 valence electrons. The van der Waals surface area contributed by atoms with E-state index in [0.717, 1.165) is 26.8 Å². The maximum atomic E-state index is 5.89. The van der Waals surface area contributed by atoms with Crippen molar-refractivity contribution < 1.29 is 4.74 Å². The summed E-state index contributed by atoms with van der Waals surface area (Å²) in [6.45, 7) is 1.91. The van der Waals surface area contributed by atoms with Crippen LogP contribution in [0.25, 0.3) is 15.2 Å². The van der Waals surface area contributed by atoms with E-state index in [1.54, 1.807) is 18.4 Å². The molecule has 0 bridgehead atoms. The Hall–Kier alpha value is -1.66. The number of hydrogen-bond acceptors (Lipinski definition) is 5. The molecule has 0 aliphatic heterocycles. The van der Waals surface area contributed by atoms with Crippen molar-refractivity contribution >= 4 is 26.5 Å². The lowest BCUT2D eigenvalue weighted by Crippen LogP contribution is -2.09. The van der Waals surface area contributed by atoms with Gasteiger partial charge in [-0.1, -0.05) is 11.3 Å². The Morgan fingerprint density at radius 2 is 2.24 bits per heavy atom. The summed E-state index contributed by atoms with van der Waals surface area (Å²) in [5.74, 6) is 1.63. The molecule has 0 amide bonds. The van der Waals surface area contributed by atoms with Crippen molar-refractivity contribution in [2.45, 2.75) is 13.0 Å². The lowest BCUT2D eigenvalue weighted by molar-refractivity contribution is 0.415. The summed E-state index contributed by atoms with van der Waals surface area (Å²) in [7, 11) is 1.66. The van der Waals surface area contributed by atoms with Gasteiger partial charge in [-0.3, -0.25) is 4.40 Å². The quantitative estimate of drug-likeness (QED) is 0.753. The Bertz CT molecular complexity index is 685. The van der Waals surface area contributed by atoms with E-state index in [4.69, 9.17) is 10.5 Å². The van der Waals surface area contributed by atoms with E-state index in [2.05, 4.69) is 10.2 Å². The van der Waals surface area contributed by atoms with E-state index in [0.29, 0.717) is 0 Å². The third-order valence-electron chi connectivity index (χ3n) is 2.67. The average molecular weight is 248 g/mol. The zero-order valence-corrected chi connectivity index (χ0v) is 10.4. The van der Waals surface area contributed by atoms with E-state index >= 15 is 0 Å². The molecule has 3 aromatic rings. The Balaban J connectivity index is 2.36. The van der Waals surface area contributed by atoms with Crippen molar-refractivity contribution in [3.05, 3.63) is 24.0 Å². The normalized spacial score (nSPS) is 13.4. The molecule has 2 heterocycles. The minimum Gasteiger partial charge on any atom is -0.497 e. The maximum absolute atomic E-state index is 5.89. The summed E-state index contributed by atoms with van der Waals surface area (Å²) >= 11 is 1.58. The maximum Gasteiger partial charge on any atom is 0.217 e. The number of fused-ring (bicyclic) bond motifs is 3. The van der Waals surface area contributed by atoms with Gasteiger partial charge in [0.05, 0.1) is 23.4 Å². The van der Waals surface area contributed by atoms with Crippen LogP contribution in [-0.4, -0.2) is 21.7 Å². The first kappa shape index (κ1) is 10.5. The molecule has 17 heavy (non-hydrogen) atoms. The first-order valence-electron chi connectivity index (χ1n) is 5.28. The smallest absolute Gasteiger partial charge is 0.217 e. The van der Waals surface area contributed by atoms with Gasteiger partial charge in [0.2, 0.25) is 4.96 Å². The second-order valence-corrected chi connectivity index (χ2v) is 4.91. The molecule has 1 unspecified atom stereocenters. The molecule has 0 aliphatic rings. The fourth-order valence-corrected chi connectivity index (χ4v) is 2.86. The summed E-state index contributed by atoms with van der Waals surface area (Å²) in [5.41, 5.74) is 6.96. The van der Waals surface area contributed by atoms with Gasteiger partial charge in [-0.05, 0) is 25.1 Å². The number of nitrogens with two attached hydrogens (primary N) is 1. The van der Waals surface area contributed by atoms with Gasteiger partial charge in [-0.25, -0.2) is 0 Å². The standard InChI is InChI=1S/C11H12N4OS/c1-6(12)10-13-14-11-15(10)8-4-3-7(16-2)5-9(8)17-11/h3-6H,12H2,1-2H3. The molecule has 2 aromatic heterocycles. The van der Waals surface area contributed by atoms with E-state index in [-0.39, 0.29) is 6.04 Å². The van der Waals surface area contributed by atoms with Crippen molar-refractivity contribution in [2.75, 3.05) is 7.11 Å². The number of methoxy groups -OCH3 is 1. The Kier molecular flexibility index (Phi) is 2.27. The first-order chi connectivity index (χ1) is 8.20. The van der Waals surface area contributed by atoms with Crippen LogP contribution in [-0.2, 0) is 0 Å². The second-order valence-electron chi connectivity index (χ2n) is 3.90. The Labute approximate surface area is 102 Å². The minimum absolute atomic E-state index is 0.134. The molecule has 1 atom stereocenters. The van der Waals surface area contributed by atoms with Crippen LogP contribution in [0, 0.1) is 0 Å². The third-order valence-corrected chi connectivity index (χ3v) is 3.67. The van der Waals surface area contributed by atoms with Gasteiger partial charge in [0.1, 0.15) is 5.75 Å². The average Bonchev–Trinajstić information content (AvgIpc) is 2.85. The summed E-state index contributed by atoms with van der Waals surface area (Å²) < 4.78 is 8.33. The molecule has 0 spiro atoms. The van der Waals surface area contributed by atoms with Crippen molar-refractivity contribution in [2.24, 2.45) is 5.73 Å². The van der Waals surface area contributed by atoms with Gasteiger partial charge in [-0.15, -0.1) is 10.2 Å². The van der Waals surface area contributed by atoms with Crippen molar-refractivity contribution in [3.8, 4) is 5.75 Å². The summed E-state index contributed by atoms with van der Waals surface area (Å²) in [5, 5.41) is 8.26. The van der Waals surface area contributed by atoms with Crippen LogP contribution < -0.4 is 10.5 Å². The van der Waals surface area contributed by atoms with Crippen molar-refractivity contribution in [1.82, 2.24) is 14.6 Å².